The number of morpholine rings is 1. The topological polar surface area (TPSA) is 48.1 Å². The molecule has 2 aliphatic rings. The van der Waals surface area contributed by atoms with Crippen LogP contribution in [0, 0.1) is 0 Å². The second-order valence-corrected chi connectivity index (χ2v) is 10.6. The highest BCUT2D eigenvalue weighted by molar-refractivity contribution is 5.95. The van der Waals surface area contributed by atoms with Crippen LogP contribution in [0.3, 0.4) is 0 Å². The Bertz CT molecular complexity index is 1360. The maximum atomic E-state index is 13.6. The molecular weight excluding hydrogens is 562 g/mol. The van der Waals surface area contributed by atoms with E-state index in [1.165, 1.54) is 4.90 Å². The molecule has 2 heterocycles. The number of rotatable bonds is 7. The van der Waals surface area contributed by atoms with Gasteiger partial charge >= 0.3 is 12.4 Å². The molecule has 1 N–H and O–H groups in total. The molecule has 0 aromatic heterocycles. The van der Waals surface area contributed by atoms with Crippen LogP contribution in [-0.4, -0.2) is 85.8 Å². The Hall–Kier alpha value is -3.19. The summed E-state index contributed by atoms with van der Waals surface area (Å²) in [5.41, 5.74) is 0.670. The van der Waals surface area contributed by atoms with Crippen molar-refractivity contribution >= 4 is 16.7 Å². The maximum absolute atomic E-state index is 13.6. The molecule has 0 saturated carbocycles. The van der Waals surface area contributed by atoms with Crippen LogP contribution in [0.5, 0.6) is 0 Å². The van der Waals surface area contributed by atoms with Crippen LogP contribution in [0.1, 0.15) is 27.0 Å². The molecule has 6 nitrogen and oxygen atoms in total. The summed E-state index contributed by atoms with van der Waals surface area (Å²) in [4.78, 5) is 17.2. The Labute approximate surface area is 239 Å². The van der Waals surface area contributed by atoms with Crippen molar-refractivity contribution in [1.82, 2.24) is 20.2 Å². The SMILES string of the molecule is O=C(c1cc(C(F)(F)F)cc(C(F)(F)F)c1)N1CCN(CCNN2CCOCC2)C[C@H]1Cc1ccc2ccccc2c1. The third-order valence-electron chi connectivity index (χ3n) is 7.72. The average molecular weight is 595 g/mol. The summed E-state index contributed by atoms with van der Waals surface area (Å²) in [5.74, 6) is -0.844. The predicted octanol–water partition coefficient (Wildman–Crippen LogP) is 5.08. The third-order valence-corrected chi connectivity index (χ3v) is 7.72. The standard InChI is InChI=1S/C30H32F6N4O2/c31-29(32,33)25-17-24(18-26(19-25)30(34,35)36)28(41)40-10-9-38(8-7-37-39-11-13-42-14-12-39)20-27(40)16-21-5-6-22-3-1-2-4-23(22)15-21/h1-6,15,17-19,27,37H,7-14,16,20H2/t27-/m1/s1. The largest absolute Gasteiger partial charge is 0.416 e. The number of ether oxygens (including phenoxy) is 1. The molecule has 5 rings (SSSR count). The minimum absolute atomic E-state index is 0.0444. The van der Waals surface area contributed by atoms with Gasteiger partial charge in [0.15, 0.2) is 0 Å². The van der Waals surface area contributed by atoms with E-state index in [1.54, 1.807) is 0 Å². The molecule has 0 radical (unpaired) electrons. The van der Waals surface area contributed by atoms with E-state index in [2.05, 4.69) is 15.3 Å². The normalized spacial score (nSPS) is 19.4. The fourth-order valence-electron chi connectivity index (χ4n) is 5.53. The lowest BCUT2D eigenvalue weighted by Crippen LogP contribution is -2.57. The summed E-state index contributed by atoms with van der Waals surface area (Å²) in [6, 6.07) is 14.3. The summed E-state index contributed by atoms with van der Waals surface area (Å²) in [6.45, 7) is 5.18. The number of nitrogens with one attached hydrogen (secondary N) is 1. The molecule has 0 spiro atoms. The first-order valence-corrected chi connectivity index (χ1v) is 13.8. The second-order valence-electron chi connectivity index (χ2n) is 10.6. The number of nitrogens with zero attached hydrogens (tertiary/aromatic N) is 3. The second kappa shape index (κ2) is 12.6. The van der Waals surface area contributed by atoms with Crippen molar-refractivity contribution in [1.29, 1.82) is 0 Å². The lowest BCUT2D eigenvalue weighted by atomic mass is 9.97. The van der Waals surface area contributed by atoms with E-state index in [0.717, 1.165) is 29.4 Å². The summed E-state index contributed by atoms with van der Waals surface area (Å²) >= 11 is 0. The molecule has 1 atom stereocenters. The summed E-state index contributed by atoms with van der Waals surface area (Å²) in [7, 11) is 0. The van der Waals surface area contributed by atoms with Crippen LogP contribution < -0.4 is 5.43 Å². The van der Waals surface area contributed by atoms with E-state index in [0.29, 0.717) is 57.9 Å². The Morgan fingerprint density at radius 1 is 0.833 bits per heavy atom. The molecule has 3 aromatic rings. The number of amides is 1. The molecule has 2 fully saturated rings. The summed E-state index contributed by atoms with van der Waals surface area (Å²) in [6.07, 6.45) is -9.67. The lowest BCUT2D eigenvalue weighted by Gasteiger charge is -2.42. The number of fused-ring (bicyclic) bond motifs is 1. The van der Waals surface area contributed by atoms with Gasteiger partial charge in [0, 0.05) is 57.4 Å². The van der Waals surface area contributed by atoms with Gasteiger partial charge in [-0.25, -0.2) is 5.01 Å². The van der Waals surface area contributed by atoms with E-state index in [-0.39, 0.29) is 12.6 Å². The number of carbonyl (C=O) groups excluding carboxylic acids is 1. The minimum atomic E-state index is -5.03. The van der Waals surface area contributed by atoms with Crippen LogP contribution in [-0.2, 0) is 23.5 Å². The van der Waals surface area contributed by atoms with Crippen molar-refractivity contribution in [2.24, 2.45) is 0 Å². The molecule has 0 unspecified atom stereocenters. The van der Waals surface area contributed by atoms with Crippen molar-refractivity contribution in [2.45, 2.75) is 24.8 Å². The molecule has 2 saturated heterocycles. The van der Waals surface area contributed by atoms with E-state index in [9.17, 15) is 31.1 Å². The summed E-state index contributed by atoms with van der Waals surface area (Å²) < 4.78 is 86.5. The molecule has 3 aromatic carbocycles. The first-order chi connectivity index (χ1) is 20.0. The third kappa shape index (κ3) is 7.41. The smallest absolute Gasteiger partial charge is 0.379 e. The molecule has 0 aliphatic carbocycles. The molecule has 226 valence electrons. The highest BCUT2D eigenvalue weighted by atomic mass is 19.4. The fraction of sp³-hybridized carbons (Fsp3) is 0.433. The number of carbonyl (C=O) groups is 1. The van der Waals surface area contributed by atoms with Crippen molar-refractivity contribution in [3.05, 3.63) is 82.9 Å². The quantitative estimate of drug-likeness (QED) is 0.387. The number of halogens is 6. The van der Waals surface area contributed by atoms with Crippen LogP contribution in [0.2, 0.25) is 0 Å². The van der Waals surface area contributed by atoms with E-state index >= 15 is 0 Å². The number of alkyl halides is 6. The number of hydrogen-bond donors (Lipinski definition) is 1. The molecule has 12 heteroatoms. The minimum Gasteiger partial charge on any atom is -0.379 e. The van der Waals surface area contributed by atoms with Gasteiger partial charge in [-0.15, -0.1) is 0 Å². The van der Waals surface area contributed by atoms with Crippen molar-refractivity contribution < 1.29 is 35.9 Å². The number of piperazine rings is 1. The lowest BCUT2D eigenvalue weighted by molar-refractivity contribution is -0.143. The Kier molecular flexibility index (Phi) is 9.07. The molecule has 2 aliphatic heterocycles. The van der Waals surface area contributed by atoms with Gasteiger partial charge in [-0.05, 0) is 41.0 Å². The zero-order valence-corrected chi connectivity index (χ0v) is 22.8. The predicted molar refractivity (Wildman–Crippen MR) is 146 cm³/mol. The van der Waals surface area contributed by atoms with Gasteiger partial charge in [0.25, 0.3) is 5.91 Å². The van der Waals surface area contributed by atoms with Gasteiger partial charge < -0.3 is 9.64 Å². The number of hydrogen-bond acceptors (Lipinski definition) is 5. The van der Waals surface area contributed by atoms with Crippen LogP contribution in [0.15, 0.2) is 60.7 Å². The highest BCUT2D eigenvalue weighted by Gasteiger charge is 2.39. The molecule has 0 bridgehead atoms. The van der Waals surface area contributed by atoms with E-state index in [1.807, 2.05) is 42.5 Å². The highest BCUT2D eigenvalue weighted by Crippen LogP contribution is 2.37. The fourth-order valence-corrected chi connectivity index (χ4v) is 5.53. The maximum Gasteiger partial charge on any atom is 0.416 e. The van der Waals surface area contributed by atoms with Crippen LogP contribution in [0.25, 0.3) is 10.8 Å². The van der Waals surface area contributed by atoms with E-state index < -0.39 is 41.0 Å². The van der Waals surface area contributed by atoms with Gasteiger partial charge in [-0.2, -0.15) is 26.3 Å². The molecular formula is C30H32F6N4O2. The van der Waals surface area contributed by atoms with Gasteiger partial charge in [-0.3, -0.25) is 15.1 Å². The van der Waals surface area contributed by atoms with Gasteiger partial charge in [-0.1, -0.05) is 42.5 Å². The van der Waals surface area contributed by atoms with E-state index in [4.69, 9.17) is 4.74 Å². The number of hydrazine groups is 1. The Balaban J connectivity index is 1.39. The van der Waals surface area contributed by atoms with Crippen molar-refractivity contribution in [3.8, 4) is 0 Å². The van der Waals surface area contributed by atoms with Crippen molar-refractivity contribution in [3.63, 3.8) is 0 Å². The van der Waals surface area contributed by atoms with Crippen LogP contribution in [0.4, 0.5) is 26.3 Å². The van der Waals surface area contributed by atoms with Crippen molar-refractivity contribution in [2.75, 3.05) is 59.0 Å². The molecule has 1 amide bonds. The zero-order valence-electron chi connectivity index (χ0n) is 22.8. The van der Waals surface area contributed by atoms with Crippen LogP contribution >= 0.6 is 0 Å². The zero-order chi connectivity index (χ0) is 29.9. The van der Waals surface area contributed by atoms with Gasteiger partial charge in [0.1, 0.15) is 0 Å². The first-order valence-electron chi connectivity index (χ1n) is 13.8. The average Bonchev–Trinajstić information content (AvgIpc) is 2.96. The molecule has 42 heavy (non-hydrogen) atoms. The Morgan fingerprint density at radius 2 is 1.50 bits per heavy atom. The van der Waals surface area contributed by atoms with Gasteiger partial charge in [0.2, 0.25) is 0 Å². The van der Waals surface area contributed by atoms with Gasteiger partial charge in [0.05, 0.1) is 24.3 Å². The first kappa shape index (κ1) is 30.3. The Morgan fingerprint density at radius 3 is 2.17 bits per heavy atom. The summed E-state index contributed by atoms with van der Waals surface area (Å²) in [5, 5.41) is 4.13. The number of benzene rings is 3. The monoisotopic (exact) mass is 594 g/mol.